The van der Waals surface area contributed by atoms with Crippen molar-refractivity contribution < 1.29 is 9.94 Å². The van der Waals surface area contributed by atoms with Crippen LogP contribution in [0, 0.1) is 0 Å². The minimum absolute atomic E-state index is 0.0905. The second kappa shape index (κ2) is 8.50. The van der Waals surface area contributed by atoms with E-state index in [1.807, 2.05) is 12.2 Å². The first-order valence-corrected chi connectivity index (χ1v) is 9.06. The smallest absolute Gasteiger partial charge is 0.0608 e. The van der Waals surface area contributed by atoms with Crippen molar-refractivity contribution in [3.8, 4) is 0 Å². The van der Waals surface area contributed by atoms with Gasteiger partial charge in [-0.3, -0.25) is 0 Å². The number of hydrogen-bond donors (Lipinski definition) is 1. The maximum Gasteiger partial charge on any atom is 0.0608 e. The van der Waals surface area contributed by atoms with Crippen LogP contribution in [-0.4, -0.2) is 34.6 Å². The van der Waals surface area contributed by atoms with E-state index >= 15 is 0 Å². The second-order valence-electron chi connectivity index (χ2n) is 7.03. The van der Waals surface area contributed by atoms with Crippen LogP contribution in [0.3, 0.4) is 0 Å². The predicted octanol–water partition coefficient (Wildman–Crippen LogP) is 5.16. The van der Waals surface area contributed by atoms with Crippen LogP contribution in [0.4, 0.5) is 0 Å². The SMILES string of the molecule is CCCC1(CCC)CC(OC)CC(CCC)(CCC)N1O. The molecule has 1 fully saturated rings. The molecule has 0 aromatic rings. The molecule has 0 atom stereocenters. The van der Waals surface area contributed by atoms with E-state index in [1.54, 1.807) is 0 Å². The molecule has 21 heavy (non-hydrogen) atoms. The Morgan fingerprint density at radius 1 is 0.857 bits per heavy atom. The Morgan fingerprint density at radius 2 is 1.19 bits per heavy atom. The minimum atomic E-state index is -0.0905. The van der Waals surface area contributed by atoms with Gasteiger partial charge in [-0.05, 0) is 38.5 Å². The highest BCUT2D eigenvalue weighted by atomic mass is 16.5. The van der Waals surface area contributed by atoms with Crippen LogP contribution in [0.15, 0.2) is 0 Å². The third kappa shape index (κ3) is 4.00. The quantitative estimate of drug-likeness (QED) is 0.638. The van der Waals surface area contributed by atoms with Crippen LogP contribution in [-0.2, 0) is 4.74 Å². The number of nitrogens with zero attached hydrogens (tertiary/aromatic N) is 1. The van der Waals surface area contributed by atoms with Gasteiger partial charge in [-0.1, -0.05) is 53.4 Å². The summed E-state index contributed by atoms with van der Waals surface area (Å²) in [4.78, 5) is 0. The standard InChI is InChI=1S/C18H37NO2/c1-6-10-17(11-7-2)14-16(21-5)15-18(12-8-3,13-9-4)19(17)20/h16,20H,6-15H2,1-5H3. The zero-order valence-electron chi connectivity index (χ0n) is 15.0. The van der Waals surface area contributed by atoms with Gasteiger partial charge in [-0.25, -0.2) is 0 Å². The Labute approximate surface area is 132 Å². The summed E-state index contributed by atoms with van der Waals surface area (Å²) in [6, 6.07) is 0. The van der Waals surface area contributed by atoms with Crippen LogP contribution in [0.5, 0.6) is 0 Å². The Morgan fingerprint density at radius 3 is 1.43 bits per heavy atom. The van der Waals surface area contributed by atoms with E-state index in [-0.39, 0.29) is 17.2 Å². The second-order valence-corrected chi connectivity index (χ2v) is 7.03. The Hall–Kier alpha value is -0.120. The Bertz CT molecular complexity index is 255. The van der Waals surface area contributed by atoms with Crippen molar-refractivity contribution in [3.05, 3.63) is 0 Å². The van der Waals surface area contributed by atoms with Gasteiger partial charge >= 0.3 is 0 Å². The van der Waals surface area contributed by atoms with Gasteiger partial charge in [0.1, 0.15) is 0 Å². The number of ether oxygens (including phenoxy) is 1. The normalized spacial score (nSPS) is 22.6. The summed E-state index contributed by atoms with van der Waals surface area (Å²) >= 11 is 0. The Balaban J connectivity index is 3.17. The van der Waals surface area contributed by atoms with Crippen molar-refractivity contribution in [1.82, 2.24) is 5.06 Å². The molecule has 3 nitrogen and oxygen atoms in total. The van der Waals surface area contributed by atoms with Gasteiger partial charge in [0.05, 0.1) is 6.10 Å². The summed E-state index contributed by atoms with van der Waals surface area (Å²) in [6.07, 6.45) is 10.9. The van der Waals surface area contributed by atoms with Crippen molar-refractivity contribution in [2.24, 2.45) is 0 Å². The maximum atomic E-state index is 11.2. The molecular formula is C18H37NO2. The van der Waals surface area contributed by atoms with Crippen LogP contribution in [0.1, 0.15) is 91.9 Å². The monoisotopic (exact) mass is 299 g/mol. The molecule has 1 heterocycles. The lowest BCUT2D eigenvalue weighted by molar-refractivity contribution is -0.287. The average Bonchev–Trinajstić information content (AvgIpc) is 2.45. The zero-order chi connectivity index (χ0) is 15.9. The summed E-state index contributed by atoms with van der Waals surface area (Å²) in [5, 5.41) is 13.1. The minimum Gasteiger partial charge on any atom is -0.381 e. The lowest BCUT2D eigenvalue weighted by atomic mass is 9.69. The van der Waals surface area contributed by atoms with Crippen molar-refractivity contribution >= 4 is 0 Å². The molecule has 1 N–H and O–H groups in total. The molecule has 0 aromatic carbocycles. The van der Waals surface area contributed by atoms with Crippen molar-refractivity contribution in [2.75, 3.05) is 7.11 Å². The third-order valence-electron chi connectivity index (χ3n) is 5.31. The average molecular weight is 299 g/mol. The number of hydrogen-bond acceptors (Lipinski definition) is 3. The molecule has 126 valence electrons. The topological polar surface area (TPSA) is 32.7 Å². The fraction of sp³-hybridized carbons (Fsp3) is 1.00. The van der Waals surface area contributed by atoms with E-state index in [0.29, 0.717) is 0 Å². The lowest BCUT2D eigenvalue weighted by Crippen LogP contribution is -2.65. The molecule has 1 aliphatic rings. The van der Waals surface area contributed by atoms with Gasteiger partial charge in [-0.2, -0.15) is 5.06 Å². The van der Waals surface area contributed by atoms with E-state index in [1.165, 1.54) is 0 Å². The van der Waals surface area contributed by atoms with Gasteiger partial charge in [0, 0.05) is 18.2 Å². The highest BCUT2D eigenvalue weighted by Crippen LogP contribution is 2.47. The first-order chi connectivity index (χ1) is 10.0. The van der Waals surface area contributed by atoms with Crippen molar-refractivity contribution in [1.29, 1.82) is 0 Å². The first-order valence-electron chi connectivity index (χ1n) is 9.06. The molecule has 3 heteroatoms. The molecule has 0 amide bonds. The van der Waals surface area contributed by atoms with Gasteiger partial charge in [0.15, 0.2) is 0 Å². The third-order valence-corrected chi connectivity index (χ3v) is 5.31. The van der Waals surface area contributed by atoms with Crippen molar-refractivity contribution in [3.63, 3.8) is 0 Å². The van der Waals surface area contributed by atoms with E-state index < -0.39 is 0 Å². The number of hydroxylamine groups is 2. The summed E-state index contributed by atoms with van der Waals surface area (Å²) in [7, 11) is 1.84. The molecule has 0 radical (unpaired) electrons. The Kier molecular flexibility index (Phi) is 7.66. The number of methoxy groups -OCH3 is 1. The van der Waals surface area contributed by atoms with E-state index in [0.717, 1.165) is 64.2 Å². The van der Waals surface area contributed by atoms with Gasteiger partial charge in [-0.15, -0.1) is 0 Å². The molecular weight excluding hydrogens is 262 g/mol. The van der Waals surface area contributed by atoms with Crippen LogP contribution in [0.25, 0.3) is 0 Å². The van der Waals surface area contributed by atoms with Crippen LogP contribution < -0.4 is 0 Å². The molecule has 1 aliphatic heterocycles. The number of piperidine rings is 1. The van der Waals surface area contributed by atoms with E-state index in [2.05, 4.69) is 27.7 Å². The summed E-state index contributed by atoms with van der Waals surface area (Å²) in [5.41, 5.74) is -0.181. The molecule has 1 rings (SSSR count). The summed E-state index contributed by atoms with van der Waals surface area (Å²) < 4.78 is 5.80. The molecule has 0 bridgehead atoms. The van der Waals surface area contributed by atoms with Crippen LogP contribution >= 0.6 is 0 Å². The zero-order valence-corrected chi connectivity index (χ0v) is 15.0. The van der Waals surface area contributed by atoms with E-state index in [4.69, 9.17) is 4.74 Å². The van der Waals surface area contributed by atoms with Gasteiger partial charge in [0.25, 0.3) is 0 Å². The molecule has 0 unspecified atom stereocenters. The first kappa shape index (κ1) is 18.9. The summed E-state index contributed by atoms with van der Waals surface area (Å²) in [6.45, 7) is 8.90. The highest BCUT2D eigenvalue weighted by molar-refractivity contribution is 5.04. The number of rotatable bonds is 9. The fourth-order valence-corrected chi connectivity index (χ4v) is 4.71. The molecule has 0 aromatic heterocycles. The van der Waals surface area contributed by atoms with Gasteiger partial charge < -0.3 is 9.94 Å². The lowest BCUT2D eigenvalue weighted by Gasteiger charge is -2.57. The van der Waals surface area contributed by atoms with Crippen LogP contribution in [0.2, 0.25) is 0 Å². The molecule has 1 saturated heterocycles. The molecule has 0 saturated carbocycles. The maximum absolute atomic E-state index is 11.2. The molecule has 0 spiro atoms. The van der Waals surface area contributed by atoms with Gasteiger partial charge in [0.2, 0.25) is 0 Å². The van der Waals surface area contributed by atoms with E-state index in [9.17, 15) is 5.21 Å². The summed E-state index contributed by atoms with van der Waals surface area (Å²) in [5.74, 6) is 0. The fourth-order valence-electron chi connectivity index (χ4n) is 4.71. The highest BCUT2D eigenvalue weighted by Gasteiger charge is 2.52. The predicted molar refractivity (Wildman–Crippen MR) is 88.8 cm³/mol. The molecule has 0 aliphatic carbocycles. The largest absolute Gasteiger partial charge is 0.381 e. The van der Waals surface area contributed by atoms with Crippen molar-refractivity contribution in [2.45, 2.75) is 109 Å².